The molecule has 0 N–H and O–H groups in total. The van der Waals surface area contributed by atoms with Gasteiger partial charge in [-0.1, -0.05) is 0 Å². The van der Waals surface area contributed by atoms with Crippen LogP contribution in [0.5, 0.6) is 5.88 Å². The highest BCUT2D eigenvalue weighted by atomic mass is 16.5. The summed E-state index contributed by atoms with van der Waals surface area (Å²) in [6, 6.07) is 0. The van der Waals surface area contributed by atoms with Gasteiger partial charge in [0.2, 0.25) is 5.88 Å². The van der Waals surface area contributed by atoms with Gasteiger partial charge in [-0.05, 0) is 13.8 Å². The predicted octanol–water partition coefficient (Wildman–Crippen LogP) is 2.15. The third-order valence-electron chi connectivity index (χ3n) is 5.81. The zero-order valence-electron chi connectivity index (χ0n) is 18.4. The average molecular weight is 436 g/mol. The molecule has 4 aromatic heterocycles. The number of aromatic nitrogens is 7. The van der Waals surface area contributed by atoms with Crippen LogP contribution >= 0.6 is 0 Å². The number of ether oxygens (including phenoxy) is 1. The van der Waals surface area contributed by atoms with Crippen LogP contribution in [0.25, 0.3) is 22.6 Å². The van der Waals surface area contributed by atoms with Gasteiger partial charge in [-0.3, -0.25) is 9.48 Å². The SMILES string of the molecule is CCn1ncc(-c2nc3c(O[C@H]4CCN(C(=O)c5coc(C)n5)C4)ncnc3n2C)c1C. The number of amides is 1. The monoisotopic (exact) mass is 436 g/mol. The summed E-state index contributed by atoms with van der Waals surface area (Å²) in [5.41, 5.74) is 3.56. The van der Waals surface area contributed by atoms with E-state index in [-0.39, 0.29) is 12.0 Å². The van der Waals surface area contributed by atoms with Gasteiger partial charge in [0, 0.05) is 39.2 Å². The fourth-order valence-electron chi connectivity index (χ4n) is 4.08. The van der Waals surface area contributed by atoms with Gasteiger partial charge < -0.3 is 18.6 Å². The highest BCUT2D eigenvalue weighted by Crippen LogP contribution is 2.30. The minimum atomic E-state index is -0.194. The summed E-state index contributed by atoms with van der Waals surface area (Å²) in [5.74, 6) is 1.47. The second-order valence-corrected chi connectivity index (χ2v) is 7.84. The molecule has 4 aromatic rings. The largest absolute Gasteiger partial charge is 0.471 e. The molecule has 1 aliphatic rings. The molecule has 1 fully saturated rings. The predicted molar refractivity (Wildman–Crippen MR) is 114 cm³/mol. The Morgan fingerprint density at radius 1 is 1.28 bits per heavy atom. The van der Waals surface area contributed by atoms with Crippen molar-refractivity contribution in [2.75, 3.05) is 13.1 Å². The average Bonchev–Trinajstić information content (AvgIpc) is 3.56. The molecular formula is C21H24N8O3. The molecular weight excluding hydrogens is 412 g/mol. The first-order valence-corrected chi connectivity index (χ1v) is 10.5. The van der Waals surface area contributed by atoms with E-state index in [9.17, 15) is 4.79 Å². The maximum atomic E-state index is 12.6. The highest BCUT2D eigenvalue weighted by Gasteiger charge is 2.31. The molecule has 0 spiro atoms. The Balaban J connectivity index is 1.39. The van der Waals surface area contributed by atoms with Crippen molar-refractivity contribution >= 4 is 17.1 Å². The molecule has 5 heterocycles. The number of carbonyl (C=O) groups excluding carboxylic acids is 1. The van der Waals surface area contributed by atoms with Crippen LogP contribution in [0.3, 0.4) is 0 Å². The standard InChI is InChI=1S/C21H24N8O3/c1-5-29-12(2)15(8-24-29)18-26-17-19(27(18)4)22-11-23-20(17)32-14-6-7-28(9-14)21(30)16-10-31-13(3)25-16/h8,10-11,14H,5-7,9H2,1-4H3/t14-/m0/s1. The zero-order chi connectivity index (χ0) is 22.4. The Morgan fingerprint density at radius 3 is 2.84 bits per heavy atom. The molecule has 0 saturated carbocycles. The molecule has 1 atom stereocenters. The van der Waals surface area contributed by atoms with Crippen LogP contribution in [0.4, 0.5) is 0 Å². The van der Waals surface area contributed by atoms with Gasteiger partial charge in [-0.15, -0.1) is 0 Å². The topological polar surface area (TPSA) is 117 Å². The van der Waals surface area contributed by atoms with Crippen molar-refractivity contribution in [2.24, 2.45) is 7.05 Å². The van der Waals surface area contributed by atoms with E-state index in [4.69, 9.17) is 14.1 Å². The molecule has 1 aliphatic heterocycles. The second-order valence-electron chi connectivity index (χ2n) is 7.84. The quantitative estimate of drug-likeness (QED) is 0.467. The maximum Gasteiger partial charge on any atom is 0.275 e. The van der Waals surface area contributed by atoms with Crippen molar-refractivity contribution in [1.82, 2.24) is 39.2 Å². The van der Waals surface area contributed by atoms with Crippen LogP contribution in [0.1, 0.15) is 35.4 Å². The summed E-state index contributed by atoms with van der Waals surface area (Å²) in [6.45, 7) is 7.59. The molecule has 0 radical (unpaired) electrons. The first-order valence-electron chi connectivity index (χ1n) is 10.5. The fourth-order valence-corrected chi connectivity index (χ4v) is 4.08. The molecule has 0 bridgehead atoms. The van der Waals surface area contributed by atoms with Crippen molar-refractivity contribution in [3.05, 3.63) is 36.1 Å². The number of hydrogen-bond donors (Lipinski definition) is 0. The maximum absolute atomic E-state index is 12.6. The van der Waals surface area contributed by atoms with Crippen molar-refractivity contribution in [2.45, 2.75) is 39.8 Å². The van der Waals surface area contributed by atoms with Crippen LogP contribution in [0.15, 0.2) is 23.2 Å². The number of rotatable bonds is 5. The van der Waals surface area contributed by atoms with Crippen LogP contribution in [0.2, 0.25) is 0 Å². The first-order chi connectivity index (χ1) is 15.5. The van der Waals surface area contributed by atoms with Crippen molar-refractivity contribution in [3.8, 4) is 17.3 Å². The Labute approximate surface area is 184 Å². The number of aryl methyl sites for hydroxylation is 3. The Kier molecular flexibility index (Phi) is 4.87. The van der Waals surface area contributed by atoms with Gasteiger partial charge in [0.1, 0.15) is 24.5 Å². The van der Waals surface area contributed by atoms with E-state index in [1.165, 1.54) is 12.6 Å². The van der Waals surface area contributed by atoms with Gasteiger partial charge in [-0.25, -0.2) is 15.0 Å². The summed E-state index contributed by atoms with van der Waals surface area (Å²) >= 11 is 0. The smallest absolute Gasteiger partial charge is 0.275 e. The molecule has 5 rings (SSSR count). The van der Waals surface area contributed by atoms with Crippen LogP contribution < -0.4 is 4.74 Å². The Hall–Kier alpha value is -3.76. The zero-order valence-corrected chi connectivity index (χ0v) is 18.4. The van der Waals surface area contributed by atoms with E-state index in [0.717, 1.165) is 23.6 Å². The Bertz CT molecular complexity index is 1300. The molecule has 1 amide bonds. The molecule has 11 heteroatoms. The number of fused-ring (bicyclic) bond motifs is 1. The molecule has 0 unspecified atom stereocenters. The lowest BCUT2D eigenvalue weighted by Gasteiger charge is -2.15. The normalized spacial score (nSPS) is 16.2. The molecule has 11 nitrogen and oxygen atoms in total. The summed E-state index contributed by atoms with van der Waals surface area (Å²) < 4.78 is 15.2. The van der Waals surface area contributed by atoms with E-state index in [2.05, 4.69) is 27.0 Å². The second kappa shape index (κ2) is 7.74. The van der Waals surface area contributed by atoms with E-state index in [1.807, 2.05) is 29.4 Å². The molecule has 1 saturated heterocycles. The van der Waals surface area contributed by atoms with E-state index in [0.29, 0.717) is 48.1 Å². The third-order valence-corrected chi connectivity index (χ3v) is 5.81. The minimum absolute atomic E-state index is 0.163. The van der Waals surface area contributed by atoms with E-state index in [1.54, 1.807) is 11.8 Å². The minimum Gasteiger partial charge on any atom is -0.471 e. The molecule has 166 valence electrons. The first kappa shape index (κ1) is 20.2. The lowest BCUT2D eigenvalue weighted by atomic mass is 10.2. The number of carbonyl (C=O) groups is 1. The lowest BCUT2D eigenvalue weighted by Crippen LogP contribution is -2.31. The van der Waals surface area contributed by atoms with Crippen LogP contribution in [0, 0.1) is 13.8 Å². The highest BCUT2D eigenvalue weighted by molar-refractivity contribution is 5.92. The summed E-state index contributed by atoms with van der Waals surface area (Å²) in [6.07, 6.45) is 5.18. The molecule has 32 heavy (non-hydrogen) atoms. The van der Waals surface area contributed by atoms with E-state index >= 15 is 0 Å². The molecule has 0 aromatic carbocycles. The summed E-state index contributed by atoms with van der Waals surface area (Å²) in [7, 11) is 1.92. The fraction of sp³-hybridized carbons (Fsp3) is 0.429. The number of nitrogens with zero attached hydrogens (tertiary/aromatic N) is 8. The summed E-state index contributed by atoms with van der Waals surface area (Å²) in [4.78, 5) is 32.0. The van der Waals surface area contributed by atoms with Gasteiger partial charge in [0.05, 0.1) is 18.3 Å². The molecule has 0 aliphatic carbocycles. The summed E-state index contributed by atoms with van der Waals surface area (Å²) in [5, 5.41) is 4.43. The van der Waals surface area contributed by atoms with E-state index < -0.39 is 0 Å². The van der Waals surface area contributed by atoms with Gasteiger partial charge in [0.15, 0.2) is 22.7 Å². The number of imidazole rings is 1. The van der Waals surface area contributed by atoms with Crippen LogP contribution in [-0.2, 0) is 13.6 Å². The van der Waals surface area contributed by atoms with Crippen molar-refractivity contribution in [3.63, 3.8) is 0 Å². The van der Waals surface area contributed by atoms with Gasteiger partial charge in [-0.2, -0.15) is 10.1 Å². The van der Waals surface area contributed by atoms with Gasteiger partial charge >= 0.3 is 0 Å². The number of oxazole rings is 1. The van der Waals surface area contributed by atoms with Crippen molar-refractivity contribution < 1.29 is 13.9 Å². The Morgan fingerprint density at radius 2 is 2.12 bits per heavy atom. The number of likely N-dealkylation sites (tertiary alicyclic amines) is 1. The van der Waals surface area contributed by atoms with Crippen LogP contribution in [-0.4, -0.2) is 64.3 Å². The van der Waals surface area contributed by atoms with Gasteiger partial charge in [0.25, 0.3) is 5.91 Å². The lowest BCUT2D eigenvalue weighted by molar-refractivity contribution is 0.0765. The number of hydrogen-bond acceptors (Lipinski definition) is 8. The third kappa shape index (κ3) is 3.29. The van der Waals surface area contributed by atoms with Crippen molar-refractivity contribution in [1.29, 1.82) is 0 Å².